The zero-order valence-electron chi connectivity index (χ0n) is 20.5. The van der Waals surface area contributed by atoms with E-state index in [4.69, 9.17) is 4.78 Å². The molecule has 3 heteroatoms. The quantitative estimate of drug-likeness (QED) is 0.464. The SMILES string of the molecule is CCC1CC(C)(C)C2(C)CCCCCCC(C)(C2)C(C)(C)CC(C)(C)S1(=N)=O. The van der Waals surface area contributed by atoms with Gasteiger partial charge in [-0.3, -0.25) is 4.78 Å². The summed E-state index contributed by atoms with van der Waals surface area (Å²) < 4.78 is 22.7. The standard InChI is InChI=1S/C25H49NOS/c1-10-20-17-21(2,3)24(8)15-13-11-12-14-16-25(9,19-24)22(4,5)18-23(6,7)28(20,26)27/h20,26H,10-19H2,1-9H3. The van der Waals surface area contributed by atoms with E-state index in [1.165, 1.54) is 44.9 Å². The van der Waals surface area contributed by atoms with Crippen LogP contribution < -0.4 is 0 Å². The lowest BCUT2D eigenvalue weighted by Crippen LogP contribution is -2.53. The molecule has 2 rings (SSSR count). The van der Waals surface area contributed by atoms with Crippen LogP contribution in [0.15, 0.2) is 0 Å². The maximum absolute atomic E-state index is 14.1. The predicted molar refractivity (Wildman–Crippen MR) is 124 cm³/mol. The highest BCUT2D eigenvalue weighted by atomic mass is 32.2. The molecule has 0 amide bonds. The van der Waals surface area contributed by atoms with E-state index in [9.17, 15) is 4.21 Å². The van der Waals surface area contributed by atoms with E-state index in [-0.39, 0.29) is 26.9 Å². The Hall–Kier alpha value is -0.0500. The molecule has 1 N–H and O–H groups in total. The van der Waals surface area contributed by atoms with Crippen LogP contribution in [0.25, 0.3) is 0 Å². The third-order valence-electron chi connectivity index (χ3n) is 9.61. The first-order valence-corrected chi connectivity index (χ1v) is 13.4. The molecule has 1 saturated heterocycles. The maximum Gasteiger partial charge on any atom is 0.0523 e. The van der Waals surface area contributed by atoms with Gasteiger partial charge in [0.05, 0.1) is 9.73 Å². The minimum absolute atomic E-state index is 0.0119. The lowest BCUT2D eigenvalue weighted by atomic mass is 9.50. The minimum Gasteiger partial charge on any atom is -0.252 e. The van der Waals surface area contributed by atoms with Crippen molar-refractivity contribution in [3.63, 3.8) is 0 Å². The largest absolute Gasteiger partial charge is 0.252 e. The first-order valence-electron chi connectivity index (χ1n) is 11.8. The van der Waals surface area contributed by atoms with Gasteiger partial charge in [0.15, 0.2) is 0 Å². The molecule has 0 aromatic carbocycles. The summed E-state index contributed by atoms with van der Waals surface area (Å²) in [5.41, 5.74) is 0.604. The van der Waals surface area contributed by atoms with Gasteiger partial charge in [0.2, 0.25) is 0 Å². The molecule has 0 spiro atoms. The summed E-state index contributed by atoms with van der Waals surface area (Å²) >= 11 is 0. The van der Waals surface area contributed by atoms with Crippen LogP contribution in [-0.2, 0) is 9.73 Å². The number of hydrogen-bond donors (Lipinski definition) is 1. The summed E-state index contributed by atoms with van der Waals surface area (Å²) in [4.78, 5) is 0. The lowest BCUT2D eigenvalue weighted by molar-refractivity contribution is -0.0477. The van der Waals surface area contributed by atoms with Crippen LogP contribution in [0.2, 0.25) is 0 Å². The molecule has 2 bridgehead atoms. The van der Waals surface area contributed by atoms with Crippen LogP contribution in [0.5, 0.6) is 0 Å². The summed E-state index contributed by atoms with van der Waals surface area (Å²) in [6.45, 7) is 21.1. The van der Waals surface area contributed by atoms with Crippen molar-refractivity contribution < 1.29 is 4.21 Å². The second-order valence-corrected chi connectivity index (χ2v) is 15.7. The zero-order valence-corrected chi connectivity index (χ0v) is 21.3. The fraction of sp³-hybridized carbons (Fsp3) is 1.00. The van der Waals surface area contributed by atoms with Gasteiger partial charge in [-0.15, -0.1) is 0 Å². The van der Waals surface area contributed by atoms with E-state index in [2.05, 4.69) is 62.3 Å². The fourth-order valence-corrected chi connectivity index (χ4v) is 9.32. The molecule has 1 aliphatic carbocycles. The van der Waals surface area contributed by atoms with E-state index >= 15 is 0 Å². The summed E-state index contributed by atoms with van der Waals surface area (Å²) in [5, 5.41) is -0.0119. The Kier molecular flexibility index (Phi) is 6.55. The minimum atomic E-state index is -2.71. The second-order valence-electron chi connectivity index (χ2n) is 12.8. The molecule has 4 unspecified atom stereocenters. The third-order valence-corrected chi connectivity index (χ3v) is 12.8. The highest BCUT2D eigenvalue weighted by Crippen LogP contribution is 2.62. The molecule has 0 aromatic heterocycles. The highest BCUT2D eigenvalue weighted by molar-refractivity contribution is 7.94. The van der Waals surface area contributed by atoms with Crippen molar-refractivity contribution in [1.82, 2.24) is 0 Å². The number of rotatable bonds is 1. The maximum atomic E-state index is 14.1. The average molecular weight is 412 g/mol. The molecule has 1 aliphatic heterocycles. The molecule has 2 nitrogen and oxygen atoms in total. The fourth-order valence-electron chi connectivity index (χ4n) is 6.73. The smallest absolute Gasteiger partial charge is 0.0523 e. The first kappa shape index (κ1) is 24.2. The zero-order chi connectivity index (χ0) is 21.6. The van der Waals surface area contributed by atoms with Crippen molar-refractivity contribution in [3.8, 4) is 0 Å². The molecule has 2 aliphatic rings. The Morgan fingerprint density at radius 3 is 1.71 bits per heavy atom. The van der Waals surface area contributed by atoms with E-state index in [0.29, 0.717) is 0 Å². The number of hydrogen-bond acceptors (Lipinski definition) is 2. The summed E-state index contributed by atoms with van der Waals surface area (Å²) in [5.74, 6) is 0. The van der Waals surface area contributed by atoms with Gasteiger partial charge in [0.1, 0.15) is 0 Å². The molecular formula is C25H49NOS. The van der Waals surface area contributed by atoms with E-state index in [0.717, 1.165) is 19.3 Å². The molecule has 0 aromatic rings. The van der Waals surface area contributed by atoms with E-state index < -0.39 is 14.5 Å². The molecule has 0 radical (unpaired) electrons. The Bertz CT molecular complexity index is 660. The van der Waals surface area contributed by atoms with Gasteiger partial charge >= 0.3 is 0 Å². The summed E-state index contributed by atoms with van der Waals surface area (Å²) in [6.07, 6.45) is 11.8. The van der Waals surface area contributed by atoms with E-state index in [1.807, 2.05) is 0 Å². The van der Waals surface area contributed by atoms with Crippen molar-refractivity contribution in [2.24, 2.45) is 21.7 Å². The highest BCUT2D eigenvalue weighted by Gasteiger charge is 2.55. The summed E-state index contributed by atoms with van der Waals surface area (Å²) in [7, 11) is -2.71. The van der Waals surface area contributed by atoms with Crippen molar-refractivity contribution >= 4 is 9.73 Å². The average Bonchev–Trinajstić information content (AvgIpc) is 2.60. The molecule has 2 fully saturated rings. The predicted octanol–water partition coefficient (Wildman–Crippen LogP) is 8.19. The van der Waals surface area contributed by atoms with Gasteiger partial charge < -0.3 is 0 Å². The van der Waals surface area contributed by atoms with Gasteiger partial charge in [0, 0.05) is 10.00 Å². The lowest BCUT2D eigenvalue weighted by Gasteiger charge is -2.58. The molecule has 28 heavy (non-hydrogen) atoms. The van der Waals surface area contributed by atoms with Crippen molar-refractivity contribution in [2.75, 3.05) is 0 Å². The van der Waals surface area contributed by atoms with Crippen LogP contribution in [-0.4, -0.2) is 14.2 Å². The van der Waals surface area contributed by atoms with Crippen LogP contribution in [0.1, 0.15) is 127 Å². The topological polar surface area (TPSA) is 40.9 Å². The number of fused-ring (bicyclic) bond motifs is 2. The van der Waals surface area contributed by atoms with Crippen LogP contribution >= 0.6 is 0 Å². The Morgan fingerprint density at radius 2 is 1.25 bits per heavy atom. The molecule has 4 atom stereocenters. The second kappa shape index (κ2) is 7.57. The Labute approximate surface area is 177 Å². The first-order chi connectivity index (χ1) is 12.5. The molecule has 1 heterocycles. The van der Waals surface area contributed by atoms with Gasteiger partial charge in [-0.05, 0) is 74.0 Å². The number of nitrogens with one attached hydrogen (secondary N) is 1. The Balaban J connectivity index is 2.72. The molecule has 1 saturated carbocycles. The van der Waals surface area contributed by atoms with Crippen LogP contribution in [0.4, 0.5) is 0 Å². The van der Waals surface area contributed by atoms with Crippen LogP contribution in [0.3, 0.4) is 0 Å². The normalized spacial score (nSPS) is 44.0. The van der Waals surface area contributed by atoms with Gasteiger partial charge in [-0.25, -0.2) is 4.21 Å². The van der Waals surface area contributed by atoms with Crippen molar-refractivity contribution in [2.45, 2.75) is 137 Å². The molecular weight excluding hydrogens is 362 g/mol. The monoisotopic (exact) mass is 411 g/mol. The van der Waals surface area contributed by atoms with E-state index in [1.54, 1.807) is 0 Å². The van der Waals surface area contributed by atoms with Gasteiger partial charge in [-0.1, -0.05) is 74.1 Å². The van der Waals surface area contributed by atoms with Crippen molar-refractivity contribution in [1.29, 1.82) is 4.78 Å². The Morgan fingerprint density at radius 1 is 0.786 bits per heavy atom. The van der Waals surface area contributed by atoms with Crippen LogP contribution in [0, 0.1) is 26.4 Å². The van der Waals surface area contributed by atoms with Gasteiger partial charge in [0.25, 0.3) is 0 Å². The van der Waals surface area contributed by atoms with Gasteiger partial charge in [-0.2, -0.15) is 0 Å². The molecule has 166 valence electrons. The third kappa shape index (κ3) is 4.08. The summed E-state index contributed by atoms with van der Waals surface area (Å²) in [6, 6.07) is 0. The van der Waals surface area contributed by atoms with Crippen molar-refractivity contribution in [3.05, 3.63) is 0 Å².